The predicted molar refractivity (Wildman–Crippen MR) is 92.8 cm³/mol. The lowest BCUT2D eigenvalue weighted by molar-refractivity contribution is -0.163. The van der Waals surface area contributed by atoms with Crippen LogP contribution in [0.15, 0.2) is 18.2 Å². The Bertz CT molecular complexity index is 474. The number of halogens is 3. The van der Waals surface area contributed by atoms with Crippen LogP contribution in [-0.2, 0) is 9.53 Å². The third-order valence-corrected chi connectivity index (χ3v) is 3.79. The van der Waals surface area contributed by atoms with Gasteiger partial charge in [0.15, 0.2) is 6.10 Å². The van der Waals surface area contributed by atoms with E-state index in [2.05, 4.69) is 38.5 Å². The molecular weight excluding hydrogens is 458 g/mol. The molecule has 0 aliphatic carbocycles. The number of ether oxygens (including phenoxy) is 2. The molecule has 0 aliphatic rings. The van der Waals surface area contributed by atoms with Gasteiger partial charge in [-0.2, -0.15) is 0 Å². The summed E-state index contributed by atoms with van der Waals surface area (Å²) in [6.45, 7) is 5.50. The molecule has 3 nitrogen and oxygen atoms in total. The molecule has 0 amide bonds. The quantitative estimate of drug-likeness (QED) is 0.348. The van der Waals surface area contributed by atoms with Crippen LogP contribution in [0, 0.1) is 3.57 Å². The topological polar surface area (TPSA) is 35.5 Å². The van der Waals surface area contributed by atoms with Crippen LogP contribution in [0.1, 0.15) is 27.2 Å². The first-order valence-electron chi connectivity index (χ1n) is 6.13. The van der Waals surface area contributed by atoms with Gasteiger partial charge in [-0.25, -0.2) is 4.79 Å². The van der Waals surface area contributed by atoms with Crippen molar-refractivity contribution < 1.29 is 14.3 Å². The smallest absolute Gasteiger partial charge is 0.347 e. The van der Waals surface area contributed by atoms with Gasteiger partial charge in [0, 0.05) is 16.8 Å². The first-order chi connectivity index (χ1) is 9.23. The average molecular weight is 476 g/mol. The molecule has 1 unspecified atom stereocenters. The maximum absolute atomic E-state index is 12.1. The highest BCUT2D eigenvalue weighted by atomic mass is 127. The Morgan fingerprint density at radius 1 is 1.45 bits per heavy atom. The van der Waals surface area contributed by atoms with E-state index in [1.807, 2.05) is 26.8 Å². The van der Waals surface area contributed by atoms with Crippen LogP contribution in [-0.4, -0.2) is 23.0 Å². The Morgan fingerprint density at radius 3 is 2.65 bits per heavy atom. The minimum atomic E-state index is -0.652. The molecule has 0 fully saturated rings. The van der Waals surface area contributed by atoms with Gasteiger partial charge in [0.2, 0.25) is 0 Å². The average Bonchev–Trinajstić information content (AvgIpc) is 2.31. The van der Waals surface area contributed by atoms with E-state index in [1.54, 1.807) is 12.1 Å². The van der Waals surface area contributed by atoms with Gasteiger partial charge in [-0.1, -0.05) is 27.5 Å². The molecule has 1 aromatic carbocycles. The molecular formula is C14H17BrClIO3. The second-order valence-corrected chi connectivity index (χ2v) is 7.58. The molecule has 1 rings (SSSR count). The van der Waals surface area contributed by atoms with Gasteiger partial charge in [0.25, 0.3) is 0 Å². The van der Waals surface area contributed by atoms with Gasteiger partial charge < -0.3 is 9.47 Å². The van der Waals surface area contributed by atoms with Crippen molar-refractivity contribution in [3.63, 3.8) is 0 Å². The first-order valence-corrected chi connectivity index (χ1v) is 8.71. The maximum atomic E-state index is 12.1. The summed E-state index contributed by atoms with van der Waals surface area (Å²) in [7, 11) is 0. The summed E-state index contributed by atoms with van der Waals surface area (Å²) in [4.78, 5) is 12.1. The summed E-state index contributed by atoms with van der Waals surface area (Å²) in [5.41, 5.74) is -0.535. The molecule has 0 bridgehead atoms. The standard InChI is InChI=1S/C14H17BrClIO3/c1-14(2,3)20-13(18)11(6-7-15)19-12-8-9(16)4-5-10(12)17/h4-5,8,11H,6-7H2,1-3H3. The van der Waals surface area contributed by atoms with Crippen molar-refractivity contribution in [3.05, 3.63) is 26.8 Å². The monoisotopic (exact) mass is 474 g/mol. The third-order valence-electron chi connectivity index (χ3n) is 2.20. The molecule has 0 spiro atoms. The van der Waals surface area contributed by atoms with Crippen LogP contribution < -0.4 is 4.74 Å². The van der Waals surface area contributed by atoms with E-state index in [1.165, 1.54) is 0 Å². The van der Waals surface area contributed by atoms with Crippen molar-refractivity contribution in [2.45, 2.75) is 38.9 Å². The maximum Gasteiger partial charge on any atom is 0.347 e. The molecule has 0 radical (unpaired) electrons. The van der Waals surface area contributed by atoms with Crippen LogP contribution in [0.3, 0.4) is 0 Å². The minimum Gasteiger partial charge on any atom is -0.478 e. The number of carbonyl (C=O) groups excluding carboxylic acids is 1. The highest BCUT2D eigenvalue weighted by Crippen LogP contribution is 2.27. The van der Waals surface area contributed by atoms with E-state index in [0.717, 1.165) is 3.57 Å². The number of rotatable bonds is 5. The van der Waals surface area contributed by atoms with Crippen molar-refractivity contribution in [3.8, 4) is 5.75 Å². The molecule has 1 aromatic rings. The molecule has 0 aliphatic heterocycles. The number of alkyl halides is 1. The van der Waals surface area contributed by atoms with Crippen molar-refractivity contribution >= 4 is 56.1 Å². The molecule has 20 heavy (non-hydrogen) atoms. The van der Waals surface area contributed by atoms with Crippen LogP contribution in [0.2, 0.25) is 5.02 Å². The van der Waals surface area contributed by atoms with Crippen molar-refractivity contribution in [2.75, 3.05) is 5.33 Å². The Balaban J connectivity index is 2.86. The zero-order valence-corrected chi connectivity index (χ0v) is 16.1. The summed E-state index contributed by atoms with van der Waals surface area (Å²) >= 11 is 11.4. The SMILES string of the molecule is CC(C)(C)OC(=O)C(CCBr)Oc1cc(Cl)ccc1I. The molecule has 0 saturated carbocycles. The van der Waals surface area contributed by atoms with Crippen molar-refractivity contribution in [1.29, 1.82) is 0 Å². The van der Waals surface area contributed by atoms with Gasteiger partial charge in [-0.15, -0.1) is 0 Å². The van der Waals surface area contributed by atoms with Gasteiger partial charge in [0.05, 0.1) is 3.57 Å². The number of esters is 1. The third kappa shape index (κ3) is 6.18. The largest absolute Gasteiger partial charge is 0.478 e. The van der Waals surface area contributed by atoms with E-state index in [0.29, 0.717) is 22.5 Å². The van der Waals surface area contributed by atoms with E-state index in [4.69, 9.17) is 21.1 Å². The minimum absolute atomic E-state index is 0.368. The number of hydrogen-bond donors (Lipinski definition) is 0. The second kappa shape index (κ2) is 7.84. The first kappa shape index (κ1) is 18.0. The van der Waals surface area contributed by atoms with Gasteiger partial charge >= 0.3 is 5.97 Å². The highest BCUT2D eigenvalue weighted by molar-refractivity contribution is 14.1. The van der Waals surface area contributed by atoms with Crippen molar-refractivity contribution in [1.82, 2.24) is 0 Å². The second-order valence-electron chi connectivity index (χ2n) is 5.19. The molecule has 0 N–H and O–H groups in total. The van der Waals surface area contributed by atoms with E-state index < -0.39 is 11.7 Å². The highest BCUT2D eigenvalue weighted by Gasteiger charge is 2.27. The van der Waals surface area contributed by atoms with Crippen LogP contribution in [0.5, 0.6) is 5.75 Å². The fourth-order valence-corrected chi connectivity index (χ4v) is 2.45. The summed E-state index contributed by atoms with van der Waals surface area (Å²) in [6, 6.07) is 5.33. The summed E-state index contributed by atoms with van der Waals surface area (Å²) in [6.07, 6.45) is -0.127. The summed E-state index contributed by atoms with van der Waals surface area (Å²) in [5, 5.41) is 1.22. The molecule has 0 saturated heterocycles. The zero-order chi connectivity index (χ0) is 15.3. The predicted octanol–water partition coefficient (Wildman–Crippen LogP) is 4.82. The van der Waals surface area contributed by atoms with Gasteiger partial charge in [-0.05, 0) is 61.6 Å². The van der Waals surface area contributed by atoms with Crippen molar-refractivity contribution in [2.24, 2.45) is 0 Å². The van der Waals surface area contributed by atoms with Crippen LogP contribution in [0.4, 0.5) is 0 Å². The lowest BCUT2D eigenvalue weighted by atomic mass is 10.2. The number of benzene rings is 1. The normalized spacial score (nSPS) is 12.9. The molecule has 112 valence electrons. The lowest BCUT2D eigenvalue weighted by Crippen LogP contribution is -2.35. The molecule has 0 aromatic heterocycles. The van der Waals surface area contributed by atoms with Gasteiger partial charge in [0.1, 0.15) is 11.4 Å². The summed E-state index contributed by atoms with van der Waals surface area (Å²) < 4.78 is 12.1. The fraction of sp³-hybridized carbons (Fsp3) is 0.500. The van der Waals surface area contributed by atoms with Gasteiger partial charge in [-0.3, -0.25) is 0 Å². The fourth-order valence-electron chi connectivity index (χ4n) is 1.41. The van der Waals surface area contributed by atoms with E-state index >= 15 is 0 Å². The van der Waals surface area contributed by atoms with E-state index in [9.17, 15) is 4.79 Å². The zero-order valence-electron chi connectivity index (χ0n) is 11.6. The Labute approximate surface area is 146 Å². The molecule has 0 heterocycles. The Morgan fingerprint density at radius 2 is 2.10 bits per heavy atom. The Kier molecular flexibility index (Phi) is 7.08. The van der Waals surface area contributed by atoms with E-state index in [-0.39, 0.29) is 5.97 Å². The Hall–Kier alpha value is -0.0100. The van der Waals surface area contributed by atoms with Crippen LogP contribution >= 0.6 is 50.1 Å². The lowest BCUT2D eigenvalue weighted by Gasteiger charge is -2.24. The summed E-state index contributed by atoms with van der Waals surface area (Å²) in [5.74, 6) is 0.225. The molecule has 6 heteroatoms. The molecule has 1 atom stereocenters. The number of hydrogen-bond acceptors (Lipinski definition) is 3. The number of carbonyl (C=O) groups is 1. The van der Waals surface area contributed by atoms with Crippen LogP contribution in [0.25, 0.3) is 0 Å².